The quantitative estimate of drug-likeness (QED) is 0.0177. The Hall–Kier alpha value is -9.37. The maximum absolute atomic E-state index is 14.9. The van der Waals surface area contributed by atoms with Crippen LogP contribution in [0.4, 0.5) is 0 Å². The van der Waals surface area contributed by atoms with Crippen molar-refractivity contribution >= 4 is 107 Å². The summed E-state index contributed by atoms with van der Waals surface area (Å²) in [7, 11) is 0. The summed E-state index contributed by atoms with van der Waals surface area (Å²) in [6.07, 6.45) is 4.71. The van der Waals surface area contributed by atoms with Crippen molar-refractivity contribution in [1.29, 1.82) is 0 Å². The van der Waals surface area contributed by atoms with Gasteiger partial charge in [-0.3, -0.25) is 57.5 Å². The second kappa shape index (κ2) is 36.9. The Morgan fingerprint density at radius 3 is 1.67 bits per heavy atom. The number of nitrogens with two attached hydrogens (primary N) is 1. The van der Waals surface area contributed by atoms with Gasteiger partial charge in [-0.05, 0) is 54.9 Å². The van der Waals surface area contributed by atoms with Gasteiger partial charge in [0.05, 0.1) is 32.1 Å². The molecule has 30 nitrogen and oxygen atoms in total. The number of imidazole rings is 1. The minimum atomic E-state index is -1.73. The SMILES string of the molecule is CC(C)CC(NC(=O)C(Cc1c[nH]c2ccccc12)NC(=O)C(CO)NC(=O)CNC(=O)C(CS)NC(=O)C(CO)NC(=O)C(N)Cc1cnc[nH]1)C(=O)NC(Cc1ccccc1)C(=O)N1CCCC1C(=O)NC(CS)C(=O)NC(Cc1ccccc1)C(=O)NC(C)C(=O)O. The molecule has 1 saturated heterocycles. The van der Waals surface area contributed by atoms with Crippen molar-refractivity contribution < 1.29 is 72.9 Å². The normalized spacial score (nSPS) is 16.0. The maximum atomic E-state index is 14.9. The first-order valence-corrected chi connectivity index (χ1v) is 32.0. The number of aliphatic hydroxyl groups is 2. The van der Waals surface area contributed by atoms with E-state index in [0.717, 1.165) is 0 Å². The van der Waals surface area contributed by atoms with Crippen molar-refractivity contribution in [2.24, 2.45) is 11.7 Å². The number of carboxylic acid groups (broad SMARTS) is 1. The van der Waals surface area contributed by atoms with Gasteiger partial charge >= 0.3 is 5.97 Å². The lowest BCUT2D eigenvalue weighted by molar-refractivity contribution is -0.142. The fraction of sp³-hybridized carbons (Fsp3) is 0.444. The Labute approximate surface area is 558 Å². The third-order valence-electron chi connectivity index (χ3n) is 15.5. The average molecular weight is 1350 g/mol. The lowest BCUT2D eigenvalue weighted by atomic mass is 9.99. The van der Waals surface area contributed by atoms with Gasteiger partial charge in [0, 0.05) is 72.7 Å². The Morgan fingerprint density at radius 1 is 0.579 bits per heavy atom. The van der Waals surface area contributed by atoms with E-state index in [-0.39, 0.29) is 62.5 Å². The second-order valence-corrected chi connectivity index (χ2v) is 23.9. The number of hydrogen-bond acceptors (Lipinski definition) is 18. The predicted molar refractivity (Wildman–Crippen MR) is 352 cm³/mol. The van der Waals surface area contributed by atoms with E-state index in [1.165, 1.54) is 24.3 Å². The van der Waals surface area contributed by atoms with E-state index in [1.807, 2.05) is 0 Å². The standard InChI is InChI=1S/C63H83N15O15S2/c1-34(2)21-43(56(85)74-46(23-37-15-8-5-9-16-37)62(91)78-20-12-19-51(78)61(90)77-50(32-95)60(89)72-44(22-36-13-6-4-7-14-36)55(84)69-35(3)63(92)93)71-57(86)45(24-38-26-66-42-18-11-10-17-40(38)42)73-58(87)47(29-79)70-52(81)28-67-54(83)49(31-94)76-59(88)48(30-80)75-53(82)41(64)25-39-27-65-33-68-39/h4-11,13-18,26-27,33-35,41,43-51,66,79-80,94-95H,12,19-25,28-32,64H2,1-3H3,(H,65,68)(H,67,83)(H,69,84)(H,70,81)(H,71,86)(H,72,89)(H,73,87)(H,74,85)(H,75,82)(H,76,88)(H,77,90)(H,92,93). The zero-order valence-electron chi connectivity index (χ0n) is 52.5. The van der Waals surface area contributed by atoms with Crippen LogP contribution in [0.25, 0.3) is 10.9 Å². The minimum Gasteiger partial charge on any atom is -0.480 e. The molecule has 3 aromatic carbocycles. The largest absolute Gasteiger partial charge is 0.480 e. The number of rotatable bonds is 36. The van der Waals surface area contributed by atoms with Crippen LogP contribution in [0.5, 0.6) is 0 Å². The molecule has 1 fully saturated rings. The van der Waals surface area contributed by atoms with E-state index in [1.54, 1.807) is 105 Å². The number of benzene rings is 3. The number of fused-ring (bicyclic) bond motifs is 1. The zero-order chi connectivity index (χ0) is 69.3. The van der Waals surface area contributed by atoms with Gasteiger partial charge in [0.2, 0.25) is 65.0 Å². The molecule has 0 bridgehead atoms. The van der Waals surface area contributed by atoms with Crippen molar-refractivity contribution in [2.45, 2.75) is 132 Å². The van der Waals surface area contributed by atoms with E-state index < -0.39 is 157 Å². The number of nitrogens with zero attached hydrogens (tertiary/aromatic N) is 2. The molecule has 0 saturated carbocycles. The highest BCUT2D eigenvalue weighted by Gasteiger charge is 2.41. The number of aliphatic carboxylic acids is 1. The Bertz CT molecular complexity index is 3460. The Morgan fingerprint density at radius 2 is 1.08 bits per heavy atom. The number of hydrogen-bond donors (Lipinski definition) is 18. The molecule has 17 N–H and O–H groups in total. The number of thiol groups is 2. The van der Waals surface area contributed by atoms with Crippen LogP contribution in [0, 0.1) is 5.92 Å². The summed E-state index contributed by atoms with van der Waals surface area (Å²) in [5.74, 6) is -11.6. The molecule has 1 aliphatic heterocycles. The number of carboxylic acids is 1. The number of aromatic nitrogens is 3. The van der Waals surface area contributed by atoms with Gasteiger partial charge in [0.1, 0.15) is 60.4 Å². The fourth-order valence-corrected chi connectivity index (χ4v) is 10.9. The van der Waals surface area contributed by atoms with Crippen LogP contribution in [0.2, 0.25) is 0 Å². The summed E-state index contributed by atoms with van der Waals surface area (Å²) in [5, 5.41) is 55.6. The summed E-state index contributed by atoms with van der Waals surface area (Å²) in [5.41, 5.74) is 8.99. The van der Waals surface area contributed by atoms with Gasteiger partial charge < -0.3 is 89.1 Å². The summed E-state index contributed by atoms with van der Waals surface area (Å²) >= 11 is 8.45. The molecule has 6 rings (SSSR count). The number of carbonyl (C=O) groups excluding carboxylic acids is 11. The summed E-state index contributed by atoms with van der Waals surface area (Å²) in [6.45, 7) is 2.23. The van der Waals surface area contributed by atoms with Crippen molar-refractivity contribution in [1.82, 2.24) is 73.0 Å². The lowest BCUT2D eigenvalue weighted by Gasteiger charge is -2.31. The first-order valence-electron chi connectivity index (χ1n) is 30.8. The summed E-state index contributed by atoms with van der Waals surface area (Å²) < 4.78 is 0. The molecule has 11 atom stereocenters. The molecule has 1 aliphatic rings. The van der Waals surface area contributed by atoms with Gasteiger partial charge in [-0.2, -0.15) is 25.3 Å². The number of H-pyrrole nitrogens is 2. The summed E-state index contributed by atoms with van der Waals surface area (Å²) in [6, 6.07) is 9.38. The van der Waals surface area contributed by atoms with E-state index in [9.17, 15) is 72.9 Å². The molecule has 0 spiro atoms. The van der Waals surface area contributed by atoms with Crippen LogP contribution in [0.15, 0.2) is 104 Å². The first kappa shape index (κ1) is 74.7. The number of aromatic amines is 2. The molecule has 11 amide bonds. The Balaban J connectivity index is 1.14. The number of carbonyl (C=O) groups is 12. The molecule has 5 aromatic rings. The number of para-hydroxylation sites is 1. The smallest absolute Gasteiger partial charge is 0.325 e. The molecular formula is C63H83N15O15S2. The van der Waals surface area contributed by atoms with Crippen molar-refractivity contribution in [2.75, 3.05) is 37.8 Å². The topological polar surface area (TPSA) is 460 Å². The minimum absolute atomic E-state index is 0.00528. The van der Waals surface area contributed by atoms with Crippen LogP contribution >= 0.6 is 25.3 Å². The lowest BCUT2D eigenvalue weighted by Crippen LogP contribution is -2.61. The maximum Gasteiger partial charge on any atom is 0.325 e. The highest BCUT2D eigenvalue weighted by atomic mass is 32.1. The van der Waals surface area contributed by atoms with Crippen molar-refractivity contribution in [3.63, 3.8) is 0 Å². The third-order valence-corrected chi connectivity index (χ3v) is 16.2. The molecule has 95 heavy (non-hydrogen) atoms. The van der Waals surface area contributed by atoms with E-state index in [0.29, 0.717) is 39.7 Å². The van der Waals surface area contributed by atoms with Gasteiger partial charge in [0.15, 0.2) is 0 Å². The number of nitrogens with one attached hydrogen (secondary N) is 12. The van der Waals surface area contributed by atoms with Gasteiger partial charge in [-0.25, -0.2) is 4.98 Å². The molecule has 11 unspecified atom stereocenters. The van der Waals surface area contributed by atoms with Crippen molar-refractivity contribution in [3.8, 4) is 0 Å². The summed E-state index contributed by atoms with van der Waals surface area (Å²) in [4.78, 5) is 175. The number of aliphatic hydroxyl groups excluding tert-OH is 2. The first-order chi connectivity index (χ1) is 45.4. The highest BCUT2D eigenvalue weighted by Crippen LogP contribution is 2.22. The van der Waals surface area contributed by atoms with Crippen molar-refractivity contribution in [3.05, 3.63) is 126 Å². The number of amides is 11. The van der Waals surface area contributed by atoms with Gasteiger partial charge in [-0.1, -0.05) is 92.7 Å². The zero-order valence-corrected chi connectivity index (χ0v) is 54.3. The monoisotopic (exact) mass is 1350 g/mol. The van der Waals surface area contributed by atoms with Gasteiger partial charge in [0.25, 0.3) is 0 Å². The van der Waals surface area contributed by atoms with Crippen LogP contribution in [0.1, 0.15) is 62.4 Å². The van der Waals surface area contributed by atoms with Crippen LogP contribution in [-0.4, -0.2) is 210 Å². The third kappa shape index (κ3) is 22.4. The van der Waals surface area contributed by atoms with Crippen LogP contribution in [0.3, 0.4) is 0 Å². The molecular weight excluding hydrogens is 1270 g/mol. The predicted octanol–water partition coefficient (Wildman–Crippen LogP) is -3.05. The molecule has 0 aliphatic carbocycles. The molecule has 32 heteroatoms. The average Bonchev–Trinajstić information content (AvgIpc) is 1.76. The van der Waals surface area contributed by atoms with Crippen LogP contribution in [-0.2, 0) is 83.2 Å². The van der Waals surface area contributed by atoms with E-state index in [4.69, 9.17) is 5.73 Å². The van der Waals surface area contributed by atoms with Gasteiger partial charge in [-0.15, -0.1) is 0 Å². The molecule has 0 radical (unpaired) electrons. The van der Waals surface area contributed by atoms with E-state index in [2.05, 4.69) is 93.4 Å². The Kier molecular flexibility index (Phi) is 29.0. The fourth-order valence-electron chi connectivity index (χ4n) is 10.4. The second-order valence-electron chi connectivity index (χ2n) is 23.2. The molecule has 512 valence electrons. The molecule has 3 heterocycles. The molecule has 2 aromatic heterocycles. The highest BCUT2D eigenvalue weighted by molar-refractivity contribution is 7.80. The van der Waals surface area contributed by atoms with Crippen LogP contribution < -0.4 is 58.9 Å². The number of likely N-dealkylation sites (tertiary alicyclic amines) is 1. The van der Waals surface area contributed by atoms with E-state index >= 15 is 0 Å².